The van der Waals surface area contributed by atoms with Crippen molar-refractivity contribution in [2.75, 3.05) is 6.61 Å². The van der Waals surface area contributed by atoms with E-state index >= 15 is 0 Å². The number of ether oxygens (including phenoxy) is 1. The summed E-state index contributed by atoms with van der Waals surface area (Å²) >= 11 is 0. The van der Waals surface area contributed by atoms with E-state index in [4.69, 9.17) is 4.74 Å². The first-order valence-electron chi connectivity index (χ1n) is 6.71. The fourth-order valence-corrected chi connectivity index (χ4v) is 1.46. The molecule has 0 aliphatic rings. The molecule has 1 rings (SSSR count). The van der Waals surface area contributed by atoms with E-state index in [-0.39, 0.29) is 5.41 Å². The summed E-state index contributed by atoms with van der Waals surface area (Å²) in [6.45, 7) is 14.4. The van der Waals surface area contributed by atoms with Gasteiger partial charge in [-0.2, -0.15) is 0 Å². The van der Waals surface area contributed by atoms with E-state index in [1.807, 2.05) is 13.8 Å². The van der Waals surface area contributed by atoms with Gasteiger partial charge in [0.1, 0.15) is 0 Å². The number of hydrogen-bond acceptors (Lipinski definition) is 1. The standard InChI is InChI=1S/C14H22O.C2H6/c1-5-9-15-11-12-7-6-8-13(10-12)14(2,3)4;1-2/h6-8,10H,5,9,11H2,1-4H3;1-2H3. The highest BCUT2D eigenvalue weighted by Crippen LogP contribution is 2.22. The van der Waals surface area contributed by atoms with Crippen LogP contribution in [0.25, 0.3) is 0 Å². The summed E-state index contributed by atoms with van der Waals surface area (Å²) in [5, 5.41) is 0. The molecule has 0 saturated carbocycles. The van der Waals surface area contributed by atoms with Crippen LogP contribution in [0.3, 0.4) is 0 Å². The lowest BCUT2D eigenvalue weighted by Crippen LogP contribution is -2.11. The molecule has 0 aromatic heterocycles. The van der Waals surface area contributed by atoms with Crippen LogP contribution in [0.4, 0.5) is 0 Å². The van der Waals surface area contributed by atoms with Crippen molar-refractivity contribution in [3.8, 4) is 0 Å². The molecule has 98 valence electrons. The third-order valence-corrected chi connectivity index (χ3v) is 2.41. The Balaban J connectivity index is 0.00000121. The Bertz CT molecular complexity index is 297. The van der Waals surface area contributed by atoms with Gasteiger partial charge in [0, 0.05) is 6.61 Å². The lowest BCUT2D eigenvalue weighted by molar-refractivity contribution is 0.121. The molecular weight excluding hydrogens is 208 g/mol. The average molecular weight is 236 g/mol. The molecule has 0 atom stereocenters. The van der Waals surface area contributed by atoms with Crippen LogP contribution < -0.4 is 0 Å². The van der Waals surface area contributed by atoms with Crippen molar-refractivity contribution in [3.05, 3.63) is 35.4 Å². The molecule has 0 heterocycles. The minimum Gasteiger partial charge on any atom is -0.377 e. The Morgan fingerprint density at radius 3 is 2.29 bits per heavy atom. The summed E-state index contributed by atoms with van der Waals surface area (Å²) in [5.41, 5.74) is 2.87. The van der Waals surface area contributed by atoms with Gasteiger partial charge in [-0.1, -0.05) is 65.8 Å². The monoisotopic (exact) mass is 236 g/mol. The molecule has 0 spiro atoms. The van der Waals surface area contributed by atoms with Gasteiger partial charge in [-0.25, -0.2) is 0 Å². The second kappa shape index (κ2) is 8.30. The summed E-state index contributed by atoms with van der Waals surface area (Å²) in [6, 6.07) is 8.68. The predicted molar refractivity (Wildman–Crippen MR) is 76.4 cm³/mol. The smallest absolute Gasteiger partial charge is 0.0716 e. The molecule has 1 heteroatoms. The maximum Gasteiger partial charge on any atom is 0.0716 e. The van der Waals surface area contributed by atoms with E-state index < -0.39 is 0 Å². The summed E-state index contributed by atoms with van der Waals surface area (Å²) in [4.78, 5) is 0. The fraction of sp³-hybridized carbons (Fsp3) is 0.625. The highest BCUT2D eigenvalue weighted by molar-refractivity contribution is 5.28. The summed E-state index contributed by atoms with van der Waals surface area (Å²) in [6.07, 6.45) is 1.08. The summed E-state index contributed by atoms with van der Waals surface area (Å²) in [5.74, 6) is 0. The number of rotatable bonds is 4. The zero-order valence-electron chi connectivity index (χ0n) is 12.3. The van der Waals surface area contributed by atoms with Crippen molar-refractivity contribution in [1.29, 1.82) is 0 Å². The molecule has 17 heavy (non-hydrogen) atoms. The molecular formula is C16H28O. The lowest BCUT2D eigenvalue weighted by Gasteiger charge is -2.19. The Hall–Kier alpha value is -0.820. The number of hydrogen-bond donors (Lipinski definition) is 0. The van der Waals surface area contributed by atoms with Gasteiger partial charge in [0.25, 0.3) is 0 Å². The van der Waals surface area contributed by atoms with E-state index in [9.17, 15) is 0 Å². The van der Waals surface area contributed by atoms with Crippen LogP contribution >= 0.6 is 0 Å². The Kier molecular flexibility index (Phi) is 7.90. The molecule has 0 radical (unpaired) electrons. The summed E-state index contributed by atoms with van der Waals surface area (Å²) in [7, 11) is 0. The Labute approximate surface area is 107 Å². The molecule has 0 fully saturated rings. The van der Waals surface area contributed by atoms with Crippen molar-refractivity contribution in [2.24, 2.45) is 0 Å². The van der Waals surface area contributed by atoms with Crippen LogP contribution in [0.15, 0.2) is 24.3 Å². The van der Waals surface area contributed by atoms with Crippen molar-refractivity contribution in [2.45, 2.75) is 60.0 Å². The van der Waals surface area contributed by atoms with E-state index in [1.54, 1.807) is 0 Å². The number of benzene rings is 1. The van der Waals surface area contributed by atoms with Crippen molar-refractivity contribution < 1.29 is 4.74 Å². The van der Waals surface area contributed by atoms with Gasteiger partial charge in [-0.3, -0.25) is 0 Å². The van der Waals surface area contributed by atoms with Gasteiger partial charge in [0.05, 0.1) is 6.61 Å². The maximum absolute atomic E-state index is 5.54. The predicted octanol–water partition coefficient (Wildman–Crippen LogP) is 4.94. The second-order valence-electron chi connectivity index (χ2n) is 5.00. The SMILES string of the molecule is CC.CCCOCc1cccc(C(C)(C)C)c1. The molecule has 0 bridgehead atoms. The first kappa shape index (κ1) is 16.2. The van der Waals surface area contributed by atoms with Gasteiger partial charge in [-0.15, -0.1) is 0 Å². The highest BCUT2D eigenvalue weighted by Gasteiger charge is 2.13. The van der Waals surface area contributed by atoms with Crippen LogP contribution in [0.2, 0.25) is 0 Å². The molecule has 0 saturated heterocycles. The van der Waals surface area contributed by atoms with Crippen LogP contribution in [-0.2, 0) is 16.8 Å². The third kappa shape index (κ3) is 6.48. The topological polar surface area (TPSA) is 9.23 Å². The van der Waals surface area contributed by atoms with Crippen molar-refractivity contribution in [3.63, 3.8) is 0 Å². The minimum absolute atomic E-state index is 0.223. The lowest BCUT2D eigenvalue weighted by atomic mass is 9.86. The zero-order chi connectivity index (χ0) is 13.3. The van der Waals surface area contributed by atoms with Crippen molar-refractivity contribution >= 4 is 0 Å². The molecule has 0 N–H and O–H groups in total. The molecule has 1 aromatic rings. The Morgan fingerprint density at radius 1 is 1.12 bits per heavy atom. The van der Waals surface area contributed by atoms with Gasteiger partial charge in [0.15, 0.2) is 0 Å². The first-order valence-corrected chi connectivity index (χ1v) is 6.71. The van der Waals surface area contributed by atoms with Gasteiger partial charge < -0.3 is 4.74 Å². The van der Waals surface area contributed by atoms with E-state index in [0.717, 1.165) is 19.6 Å². The normalized spacial score (nSPS) is 10.7. The second-order valence-corrected chi connectivity index (χ2v) is 5.00. The van der Waals surface area contributed by atoms with Crippen LogP contribution in [-0.4, -0.2) is 6.61 Å². The largest absolute Gasteiger partial charge is 0.377 e. The summed E-state index contributed by atoms with van der Waals surface area (Å²) < 4.78 is 5.54. The van der Waals surface area contributed by atoms with Crippen LogP contribution in [0.1, 0.15) is 59.1 Å². The molecule has 0 aliphatic heterocycles. The molecule has 0 aliphatic carbocycles. The zero-order valence-corrected chi connectivity index (χ0v) is 12.3. The van der Waals surface area contributed by atoms with E-state index in [2.05, 4.69) is 52.0 Å². The van der Waals surface area contributed by atoms with Crippen LogP contribution in [0.5, 0.6) is 0 Å². The molecule has 0 unspecified atom stereocenters. The Morgan fingerprint density at radius 2 is 1.76 bits per heavy atom. The van der Waals surface area contributed by atoms with E-state index in [1.165, 1.54) is 11.1 Å². The minimum atomic E-state index is 0.223. The quantitative estimate of drug-likeness (QED) is 0.673. The van der Waals surface area contributed by atoms with Crippen molar-refractivity contribution in [1.82, 2.24) is 0 Å². The van der Waals surface area contributed by atoms with Gasteiger partial charge in [0.2, 0.25) is 0 Å². The molecule has 0 amide bonds. The van der Waals surface area contributed by atoms with Gasteiger partial charge in [-0.05, 0) is 23.0 Å². The van der Waals surface area contributed by atoms with Crippen LogP contribution in [0, 0.1) is 0 Å². The highest BCUT2D eigenvalue weighted by atomic mass is 16.5. The maximum atomic E-state index is 5.54. The van der Waals surface area contributed by atoms with E-state index in [0.29, 0.717) is 0 Å². The average Bonchev–Trinajstić information content (AvgIpc) is 2.31. The van der Waals surface area contributed by atoms with Gasteiger partial charge >= 0.3 is 0 Å². The molecule has 1 nitrogen and oxygen atoms in total. The third-order valence-electron chi connectivity index (χ3n) is 2.41. The first-order chi connectivity index (χ1) is 8.04. The molecule has 1 aromatic carbocycles. The fourth-order valence-electron chi connectivity index (χ4n) is 1.46.